The summed E-state index contributed by atoms with van der Waals surface area (Å²) in [7, 11) is 1.60. The van der Waals surface area contributed by atoms with Crippen molar-refractivity contribution in [3.05, 3.63) is 40.6 Å². The molecule has 2 aromatic rings. The predicted octanol–water partition coefficient (Wildman–Crippen LogP) is 3.22. The van der Waals surface area contributed by atoms with Gasteiger partial charge in [0, 0.05) is 44.4 Å². The Balaban J connectivity index is 1.92. The third kappa shape index (κ3) is 4.56. The first-order chi connectivity index (χ1) is 13.7. The van der Waals surface area contributed by atoms with Crippen LogP contribution in [0.5, 0.6) is 0 Å². The molecule has 0 N–H and O–H groups in total. The van der Waals surface area contributed by atoms with Crippen LogP contribution in [0.3, 0.4) is 0 Å². The molecule has 0 aliphatic carbocycles. The Morgan fingerprint density at radius 2 is 2.03 bits per heavy atom. The Morgan fingerprint density at radius 1 is 1.28 bits per heavy atom. The third-order valence-electron chi connectivity index (χ3n) is 4.72. The monoisotopic (exact) mass is 402 g/mol. The van der Waals surface area contributed by atoms with Crippen LogP contribution in [0.25, 0.3) is 10.8 Å². The highest BCUT2D eigenvalue weighted by Crippen LogP contribution is 2.32. The molecule has 156 valence electrons. The number of anilines is 1. The molecule has 9 nitrogen and oxygen atoms in total. The van der Waals surface area contributed by atoms with Crippen LogP contribution >= 0.6 is 0 Å². The number of pyridine rings is 1. The fraction of sp³-hybridized carbons (Fsp3) is 0.500. The number of non-ortho nitro benzene ring substituents is 1. The van der Waals surface area contributed by atoms with Gasteiger partial charge in [-0.15, -0.1) is 0 Å². The van der Waals surface area contributed by atoms with E-state index in [1.807, 2.05) is 26.8 Å². The van der Waals surface area contributed by atoms with Crippen molar-refractivity contribution in [3.63, 3.8) is 0 Å². The van der Waals surface area contributed by atoms with Crippen molar-refractivity contribution in [2.24, 2.45) is 0 Å². The lowest BCUT2D eigenvalue weighted by molar-refractivity contribution is -0.383. The van der Waals surface area contributed by atoms with Gasteiger partial charge in [-0.1, -0.05) is 12.1 Å². The summed E-state index contributed by atoms with van der Waals surface area (Å²) in [5, 5.41) is 12.6. The number of ether oxygens (including phenoxy) is 2. The number of nitrogens with zero attached hydrogens (tertiary/aromatic N) is 4. The van der Waals surface area contributed by atoms with Crippen molar-refractivity contribution < 1.29 is 19.2 Å². The third-order valence-corrected chi connectivity index (χ3v) is 4.72. The highest BCUT2D eigenvalue weighted by atomic mass is 16.6. The summed E-state index contributed by atoms with van der Waals surface area (Å²) in [6.45, 7) is 7.27. The number of carbonyl (C=O) groups excluding carboxylic acids is 1. The quantitative estimate of drug-likeness (QED) is 0.572. The molecule has 1 aromatic carbocycles. The summed E-state index contributed by atoms with van der Waals surface area (Å²) in [6.07, 6.45) is 1.22. The summed E-state index contributed by atoms with van der Waals surface area (Å²) >= 11 is 0. The van der Waals surface area contributed by atoms with E-state index in [0.29, 0.717) is 42.8 Å². The van der Waals surface area contributed by atoms with Crippen molar-refractivity contribution in [3.8, 4) is 0 Å². The maximum atomic E-state index is 12.5. The summed E-state index contributed by atoms with van der Waals surface area (Å²) in [6, 6.07) is 6.47. The molecular weight excluding hydrogens is 376 g/mol. The predicted molar refractivity (Wildman–Crippen MR) is 109 cm³/mol. The van der Waals surface area contributed by atoms with Gasteiger partial charge in [-0.3, -0.25) is 10.1 Å². The maximum Gasteiger partial charge on any atom is 0.410 e. The zero-order valence-corrected chi connectivity index (χ0v) is 17.1. The number of amides is 1. The van der Waals surface area contributed by atoms with Crippen molar-refractivity contribution in [2.45, 2.75) is 32.4 Å². The Hall–Kier alpha value is -2.94. The lowest BCUT2D eigenvalue weighted by Crippen LogP contribution is -2.57. The van der Waals surface area contributed by atoms with Gasteiger partial charge in [0.15, 0.2) is 0 Å². The van der Waals surface area contributed by atoms with Crippen LogP contribution in [-0.4, -0.2) is 65.9 Å². The van der Waals surface area contributed by atoms with Crippen LogP contribution in [0, 0.1) is 10.1 Å². The minimum atomic E-state index is -0.568. The molecule has 0 saturated carbocycles. The van der Waals surface area contributed by atoms with Crippen LogP contribution in [0.15, 0.2) is 30.5 Å². The second-order valence-corrected chi connectivity index (χ2v) is 7.99. The van der Waals surface area contributed by atoms with Crippen LogP contribution in [0.1, 0.15) is 20.8 Å². The van der Waals surface area contributed by atoms with E-state index in [1.54, 1.807) is 30.3 Å². The number of nitro benzene ring substituents is 1. The number of hydrogen-bond donors (Lipinski definition) is 0. The number of fused-ring (bicyclic) bond motifs is 1. The smallest absolute Gasteiger partial charge is 0.410 e. The molecule has 1 aliphatic rings. The van der Waals surface area contributed by atoms with E-state index in [4.69, 9.17) is 9.47 Å². The maximum absolute atomic E-state index is 12.5. The second-order valence-electron chi connectivity index (χ2n) is 7.99. The van der Waals surface area contributed by atoms with E-state index in [1.165, 1.54) is 6.07 Å². The normalized spacial score (nSPS) is 17.4. The van der Waals surface area contributed by atoms with Crippen molar-refractivity contribution in [1.82, 2.24) is 9.88 Å². The number of nitro groups is 1. The molecule has 1 atom stereocenters. The summed E-state index contributed by atoms with van der Waals surface area (Å²) in [4.78, 5) is 31.7. The van der Waals surface area contributed by atoms with E-state index in [2.05, 4.69) is 9.88 Å². The molecule has 9 heteroatoms. The fourth-order valence-electron chi connectivity index (χ4n) is 3.52. The van der Waals surface area contributed by atoms with E-state index < -0.39 is 5.60 Å². The number of benzene rings is 1. The van der Waals surface area contributed by atoms with E-state index in [0.717, 1.165) is 0 Å². The SMILES string of the molecule is COC[C@H]1CN(C(=O)OC(C)(C)C)CCN1c1nccc2c([N+](=O)[O-])cccc12. The fourth-order valence-corrected chi connectivity index (χ4v) is 3.52. The minimum absolute atomic E-state index is 0.0434. The zero-order valence-electron chi connectivity index (χ0n) is 17.1. The van der Waals surface area contributed by atoms with Crippen LogP contribution in [0.2, 0.25) is 0 Å². The molecule has 2 heterocycles. The van der Waals surface area contributed by atoms with Crippen LogP contribution in [0.4, 0.5) is 16.3 Å². The number of rotatable bonds is 4. The lowest BCUT2D eigenvalue weighted by Gasteiger charge is -2.42. The molecule has 1 amide bonds. The lowest BCUT2D eigenvalue weighted by atomic mass is 10.1. The number of aromatic nitrogens is 1. The molecule has 1 saturated heterocycles. The molecule has 0 radical (unpaired) electrons. The first-order valence-electron chi connectivity index (χ1n) is 9.47. The van der Waals surface area contributed by atoms with Gasteiger partial charge in [-0.2, -0.15) is 0 Å². The van der Waals surface area contributed by atoms with E-state index in [9.17, 15) is 14.9 Å². The van der Waals surface area contributed by atoms with Gasteiger partial charge in [0.2, 0.25) is 0 Å². The van der Waals surface area contributed by atoms with Gasteiger partial charge in [-0.05, 0) is 26.8 Å². The largest absolute Gasteiger partial charge is 0.444 e. The molecular formula is C20H26N4O5. The molecule has 1 aliphatic heterocycles. The Kier molecular flexibility index (Phi) is 5.88. The summed E-state index contributed by atoms with van der Waals surface area (Å²) in [5.41, 5.74) is -0.525. The molecule has 0 bridgehead atoms. The number of piperazine rings is 1. The highest BCUT2D eigenvalue weighted by molar-refractivity contribution is 5.98. The highest BCUT2D eigenvalue weighted by Gasteiger charge is 2.33. The van der Waals surface area contributed by atoms with Gasteiger partial charge < -0.3 is 19.3 Å². The molecule has 0 spiro atoms. The summed E-state index contributed by atoms with van der Waals surface area (Å²) < 4.78 is 10.9. The van der Waals surface area contributed by atoms with Gasteiger partial charge in [0.1, 0.15) is 11.4 Å². The first kappa shape index (κ1) is 20.8. The topological polar surface area (TPSA) is 98.0 Å². The number of hydrogen-bond acceptors (Lipinski definition) is 7. The number of methoxy groups -OCH3 is 1. The van der Waals surface area contributed by atoms with E-state index >= 15 is 0 Å². The van der Waals surface area contributed by atoms with Crippen molar-refractivity contribution in [2.75, 3.05) is 38.3 Å². The van der Waals surface area contributed by atoms with Gasteiger partial charge in [-0.25, -0.2) is 9.78 Å². The van der Waals surface area contributed by atoms with Crippen molar-refractivity contribution in [1.29, 1.82) is 0 Å². The molecule has 1 fully saturated rings. The van der Waals surface area contributed by atoms with Crippen LogP contribution in [-0.2, 0) is 9.47 Å². The molecule has 1 aromatic heterocycles. The molecule has 29 heavy (non-hydrogen) atoms. The standard InChI is InChI=1S/C20H26N4O5/c1-20(2,3)29-19(25)22-10-11-23(14(12-22)13-28-4)18-16-6-5-7-17(24(26)27)15(16)8-9-21-18/h5-9,14H,10-13H2,1-4H3/t14-/m1/s1. The molecule has 0 unspecified atom stereocenters. The van der Waals surface area contributed by atoms with Gasteiger partial charge >= 0.3 is 6.09 Å². The minimum Gasteiger partial charge on any atom is -0.444 e. The van der Waals surface area contributed by atoms with Crippen LogP contribution < -0.4 is 4.90 Å². The first-order valence-corrected chi connectivity index (χ1v) is 9.47. The van der Waals surface area contributed by atoms with Crippen molar-refractivity contribution >= 4 is 28.4 Å². The Bertz CT molecular complexity index is 911. The second kappa shape index (κ2) is 8.20. The average Bonchev–Trinajstić information content (AvgIpc) is 2.66. The Morgan fingerprint density at radius 3 is 2.69 bits per heavy atom. The zero-order chi connectivity index (χ0) is 21.2. The van der Waals surface area contributed by atoms with Gasteiger partial charge in [0.25, 0.3) is 5.69 Å². The van der Waals surface area contributed by atoms with Gasteiger partial charge in [0.05, 0.1) is 23.0 Å². The molecule has 3 rings (SSSR count). The average molecular weight is 402 g/mol. The number of carbonyl (C=O) groups is 1. The summed E-state index contributed by atoms with van der Waals surface area (Å²) in [5.74, 6) is 0.650. The van der Waals surface area contributed by atoms with E-state index in [-0.39, 0.29) is 22.7 Å². The Labute approximate surface area is 169 Å².